The van der Waals surface area contributed by atoms with Crippen LogP contribution in [0.1, 0.15) is 23.6 Å². The molecule has 3 aromatic rings. The highest BCUT2D eigenvalue weighted by atomic mass is 35.5. The summed E-state index contributed by atoms with van der Waals surface area (Å²) in [5, 5.41) is 3.22. The molecule has 0 aliphatic heterocycles. The van der Waals surface area contributed by atoms with E-state index in [1.165, 1.54) is 13.0 Å². The first kappa shape index (κ1) is 21.4. The number of rotatable bonds is 5. The van der Waals surface area contributed by atoms with E-state index in [0.717, 1.165) is 11.1 Å². The maximum atomic E-state index is 12.4. The Morgan fingerprint density at radius 3 is 2.53 bits per heavy atom. The van der Waals surface area contributed by atoms with Crippen molar-refractivity contribution in [3.63, 3.8) is 0 Å². The standard InChI is InChI=1S/C22H20ClNO6/c1-12-13(2)20(25)29-18-10-19(17(23)9-16(12)18)30-21(26)14(3)24-22(27)28-11-15-7-5-4-6-8-15/h4-10,14H,11H2,1-3H3,(H,24,27)/t14-/m1/s1. The molecule has 0 bridgehead atoms. The van der Waals surface area contributed by atoms with E-state index in [4.69, 9.17) is 25.5 Å². The molecule has 1 amide bonds. The van der Waals surface area contributed by atoms with Crippen molar-refractivity contribution < 1.29 is 23.5 Å². The molecule has 3 rings (SSSR count). The van der Waals surface area contributed by atoms with Gasteiger partial charge in [0.2, 0.25) is 0 Å². The number of carbonyl (C=O) groups excluding carboxylic acids is 2. The second-order valence-electron chi connectivity index (χ2n) is 6.77. The molecule has 0 saturated heterocycles. The van der Waals surface area contributed by atoms with Crippen molar-refractivity contribution >= 4 is 34.6 Å². The van der Waals surface area contributed by atoms with Crippen LogP contribution in [0.2, 0.25) is 5.02 Å². The number of hydrogen-bond acceptors (Lipinski definition) is 6. The van der Waals surface area contributed by atoms with Crippen LogP contribution in [-0.4, -0.2) is 18.1 Å². The number of halogens is 1. The lowest BCUT2D eigenvalue weighted by molar-refractivity contribution is -0.136. The summed E-state index contributed by atoms with van der Waals surface area (Å²) in [5.41, 5.74) is 1.80. The Labute approximate surface area is 177 Å². The van der Waals surface area contributed by atoms with Crippen molar-refractivity contribution in [2.45, 2.75) is 33.4 Å². The van der Waals surface area contributed by atoms with Gasteiger partial charge in [-0.15, -0.1) is 0 Å². The summed E-state index contributed by atoms with van der Waals surface area (Å²) in [6, 6.07) is 11.1. The van der Waals surface area contributed by atoms with Crippen LogP contribution in [0.4, 0.5) is 4.79 Å². The molecule has 0 aliphatic rings. The minimum atomic E-state index is -0.994. The Hall–Kier alpha value is -3.32. The van der Waals surface area contributed by atoms with Gasteiger partial charge in [0.1, 0.15) is 18.2 Å². The fourth-order valence-electron chi connectivity index (χ4n) is 2.72. The van der Waals surface area contributed by atoms with Crippen LogP contribution in [0.15, 0.2) is 51.7 Å². The molecule has 0 aliphatic carbocycles. The highest BCUT2D eigenvalue weighted by Crippen LogP contribution is 2.32. The van der Waals surface area contributed by atoms with Crippen molar-refractivity contribution in [1.82, 2.24) is 5.32 Å². The first-order valence-corrected chi connectivity index (χ1v) is 9.56. The number of benzene rings is 2. The molecule has 2 aromatic carbocycles. The highest BCUT2D eigenvalue weighted by Gasteiger charge is 2.21. The van der Waals surface area contributed by atoms with Gasteiger partial charge in [-0.25, -0.2) is 14.4 Å². The molecule has 0 spiro atoms. The summed E-state index contributed by atoms with van der Waals surface area (Å²) in [5.74, 6) is -0.731. The molecule has 0 saturated carbocycles. The van der Waals surface area contributed by atoms with Crippen molar-refractivity contribution in [3.8, 4) is 5.75 Å². The molecule has 30 heavy (non-hydrogen) atoms. The van der Waals surface area contributed by atoms with E-state index in [0.29, 0.717) is 10.9 Å². The second kappa shape index (κ2) is 9.00. The number of hydrogen-bond donors (Lipinski definition) is 1. The Balaban J connectivity index is 1.66. The summed E-state index contributed by atoms with van der Waals surface area (Å²) in [4.78, 5) is 36.2. The molecule has 1 N–H and O–H groups in total. The molecule has 1 atom stereocenters. The van der Waals surface area contributed by atoms with Gasteiger partial charge in [0.25, 0.3) is 0 Å². The van der Waals surface area contributed by atoms with Crippen molar-refractivity contribution in [2.24, 2.45) is 0 Å². The van der Waals surface area contributed by atoms with E-state index >= 15 is 0 Å². The van der Waals surface area contributed by atoms with Crippen LogP contribution in [0, 0.1) is 13.8 Å². The summed E-state index contributed by atoms with van der Waals surface area (Å²) in [6.07, 6.45) is -0.759. The van der Waals surface area contributed by atoms with Crippen LogP contribution < -0.4 is 15.7 Å². The molecule has 0 unspecified atom stereocenters. The van der Waals surface area contributed by atoms with Gasteiger partial charge in [-0.1, -0.05) is 41.9 Å². The number of esters is 1. The van der Waals surface area contributed by atoms with Gasteiger partial charge >= 0.3 is 17.7 Å². The lowest BCUT2D eigenvalue weighted by atomic mass is 10.1. The van der Waals surface area contributed by atoms with Crippen LogP contribution in [0.5, 0.6) is 5.75 Å². The third-order valence-electron chi connectivity index (χ3n) is 4.62. The number of fused-ring (bicyclic) bond motifs is 1. The maximum absolute atomic E-state index is 12.4. The Kier molecular flexibility index (Phi) is 6.42. The van der Waals surface area contributed by atoms with Gasteiger partial charge in [0.15, 0.2) is 5.75 Å². The van der Waals surface area contributed by atoms with Crippen LogP contribution in [-0.2, 0) is 16.1 Å². The Morgan fingerprint density at radius 2 is 1.83 bits per heavy atom. The van der Waals surface area contributed by atoms with Gasteiger partial charge in [0, 0.05) is 17.0 Å². The summed E-state index contributed by atoms with van der Waals surface area (Å²) in [6.45, 7) is 4.97. The summed E-state index contributed by atoms with van der Waals surface area (Å²) < 4.78 is 15.6. The highest BCUT2D eigenvalue weighted by molar-refractivity contribution is 6.33. The van der Waals surface area contributed by atoms with E-state index in [1.54, 1.807) is 19.9 Å². The molecular formula is C22H20ClNO6. The van der Waals surface area contributed by atoms with Crippen LogP contribution >= 0.6 is 11.6 Å². The smallest absolute Gasteiger partial charge is 0.408 e. The van der Waals surface area contributed by atoms with Crippen LogP contribution in [0.25, 0.3) is 11.0 Å². The summed E-state index contributed by atoms with van der Waals surface area (Å²) in [7, 11) is 0. The normalized spacial score (nSPS) is 11.7. The molecule has 0 radical (unpaired) electrons. The fourth-order valence-corrected chi connectivity index (χ4v) is 2.92. The lowest BCUT2D eigenvalue weighted by Gasteiger charge is -2.14. The zero-order valence-corrected chi connectivity index (χ0v) is 17.4. The van der Waals surface area contributed by atoms with Crippen molar-refractivity contribution in [2.75, 3.05) is 0 Å². The third-order valence-corrected chi connectivity index (χ3v) is 4.92. The van der Waals surface area contributed by atoms with E-state index < -0.39 is 23.7 Å². The van der Waals surface area contributed by atoms with Gasteiger partial charge in [0.05, 0.1) is 5.02 Å². The van der Waals surface area contributed by atoms with Crippen LogP contribution in [0.3, 0.4) is 0 Å². The molecule has 156 valence electrons. The molecule has 0 fully saturated rings. The monoisotopic (exact) mass is 429 g/mol. The minimum absolute atomic E-state index is 0.0203. The average Bonchev–Trinajstić information content (AvgIpc) is 2.72. The minimum Gasteiger partial charge on any atom is -0.445 e. The number of carbonyl (C=O) groups is 2. The number of ether oxygens (including phenoxy) is 2. The first-order valence-electron chi connectivity index (χ1n) is 9.18. The van der Waals surface area contributed by atoms with Crippen molar-refractivity contribution in [3.05, 3.63) is 74.6 Å². The summed E-state index contributed by atoms with van der Waals surface area (Å²) >= 11 is 6.23. The molecule has 1 heterocycles. The Morgan fingerprint density at radius 1 is 1.13 bits per heavy atom. The topological polar surface area (TPSA) is 94.8 Å². The predicted molar refractivity (Wildman–Crippen MR) is 112 cm³/mol. The number of nitrogens with one attached hydrogen (secondary N) is 1. The SMILES string of the molecule is Cc1c(C)c2cc(Cl)c(OC(=O)[C@@H](C)NC(=O)OCc3ccccc3)cc2oc1=O. The third kappa shape index (κ3) is 4.80. The second-order valence-corrected chi connectivity index (χ2v) is 7.17. The van der Waals surface area contributed by atoms with Gasteiger partial charge < -0.3 is 19.2 Å². The van der Waals surface area contributed by atoms with E-state index in [9.17, 15) is 14.4 Å². The predicted octanol–water partition coefficient (Wildman–Crippen LogP) is 4.28. The molecule has 8 heteroatoms. The average molecular weight is 430 g/mol. The van der Waals surface area contributed by atoms with E-state index in [2.05, 4.69) is 5.32 Å². The fraction of sp³-hybridized carbons (Fsp3) is 0.227. The van der Waals surface area contributed by atoms with Gasteiger partial charge in [-0.2, -0.15) is 0 Å². The Bertz CT molecular complexity index is 1160. The number of aryl methyl sites for hydroxylation is 1. The first-order chi connectivity index (χ1) is 14.3. The number of amides is 1. The quantitative estimate of drug-likeness (QED) is 0.369. The van der Waals surface area contributed by atoms with Gasteiger partial charge in [-0.3, -0.25) is 0 Å². The van der Waals surface area contributed by atoms with E-state index in [-0.39, 0.29) is 23.0 Å². The van der Waals surface area contributed by atoms with Gasteiger partial charge in [-0.05, 0) is 38.0 Å². The maximum Gasteiger partial charge on any atom is 0.408 e. The lowest BCUT2D eigenvalue weighted by Crippen LogP contribution is -2.41. The number of alkyl carbamates (subject to hydrolysis) is 1. The molecular weight excluding hydrogens is 410 g/mol. The zero-order chi connectivity index (χ0) is 21.8. The largest absolute Gasteiger partial charge is 0.445 e. The zero-order valence-electron chi connectivity index (χ0n) is 16.7. The van der Waals surface area contributed by atoms with Crippen molar-refractivity contribution in [1.29, 1.82) is 0 Å². The van der Waals surface area contributed by atoms with E-state index in [1.807, 2.05) is 30.3 Å². The molecule has 7 nitrogen and oxygen atoms in total. The molecule has 1 aromatic heterocycles.